The Balaban J connectivity index is 0.00000128. The fourth-order valence-electron chi connectivity index (χ4n) is 2.02. The fraction of sp³-hybridized carbons (Fsp3) is 0.357. The quantitative estimate of drug-likeness (QED) is 0.543. The van der Waals surface area contributed by atoms with Gasteiger partial charge in [0.2, 0.25) is 0 Å². The van der Waals surface area contributed by atoms with Crippen LogP contribution >= 0.6 is 0 Å². The van der Waals surface area contributed by atoms with E-state index >= 15 is 0 Å². The van der Waals surface area contributed by atoms with Gasteiger partial charge in [-0.15, -0.1) is 0 Å². The van der Waals surface area contributed by atoms with Gasteiger partial charge in [0.05, 0.1) is 0 Å². The predicted molar refractivity (Wildman–Crippen MR) is 63.6 cm³/mol. The van der Waals surface area contributed by atoms with Gasteiger partial charge in [0.15, 0.2) is 0 Å². The van der Waals surface area contributed by atoms with Gasteiger partial charge < -0.3 is 24.8 Å². The van der Waals surface area contributed by atoms with Crippen LogP contribution in [0.15, 0.2) is 44.8 Å². The summed E-state index contributed by atoms with van der Waals surface area (Å²) >= 11 is -0.359. The van der Waals surface area contributed by atoms with Crippen LogP contribution in [0.5, 0.6) is 0 Å². The molecule has 0 unspecified atom stereocenters. The monoisotopic (exact) mass is 345 g/mol. The molecule has 91 valence electrons. The van der Waals surface area contributed by atoms with Crippen molar-refractivity contribution in [3.05, 3.63) is 44.8 Å². The van der Waals surface area contributed by atoms with Gasteiger partial charge >= 0.3 is 104 Å². The maximum atomic E-state index is 2.36. The number of allylic oxidation sites excluding steroid dienone is 8. The molecule has 0 nitrogen and oxygen atoms in total. The van der Waals surface area contributed by atoms with E-state index < -0.39 is 0 Å². The van der Waals surface area contributed by atoms with Crippen LogP contribution in [0.25, 0.3) is 0 Å². The Hall–Kier alpha value is 0.293. The van der Waals surface area contributed by atoms with Crippen LogP contribution in [0.4, 0.5) is 0 Å². The van der Waals surface area contributed by atoms with Crippen molar-refractivity contribution in [1.29, 1.82) is 0 Å². The van der Waals surface area contributed by atoms with Gasteiger partial charge in [0.1, 0.15) is 0 Å². The molecule has 2 aliphatic carbocycles. The third kappa shape index (κ3) is 5.20. The second-order valence-electron chi connectivity index (χ2n) is 4.37. The van der Waals surface area contributed by atoms with Gasteiger partial charge in [-0.2, -0.15) is 0 Å². The van der Waals surface area contributed by atoms with Crippen LogP contribution in [-0.2, 0) is 22.8 Å². The van der Waals surface area contributed by atoms with E-state index in [1.165, 1.54) is 19.3 Å². The minimum Gasteiger partial charge on any atom is -1.00 e. The maximum Gasteiger partial charge on any atom is -1.00 e. The molecule has 0 aromatic rings. The summed E-state index contributed by atoms with van der Waals surface area (Å²) in [5.41, 5.74) is 3.22. The number of hydrogen-bond donors (Lipinski definition) is 0. The minimum absolute atomic E-state index is 0. The molecule has 0 N–H and O–H groups in total. The van der Waals surface area contributed by atoms with Gasteiger partial charge in [-0.05, 0) is 0 Å². The standard InChI is InChI=1S/C11H11.C3H6.2ClH.Zr/c1-2-6-10(5-1)9-11-7-3-4-8-11;1-3-2;;;/h1-3,5,7H,4,6,9H2;1-2H3;2*1H;/q;;;;+2/p-2. The maximum absolute atomic E-state index is 2.36. The fourth-order valence-corrected chi connectivity index (χ4v) is 4.86. The molecule has 0 fully saturated rings. The first-order valence-corrected chi connectivity index (χ1v) is 8.02. The van der Waals surface area contributed by atoms with Crippen molar-refractivity contribution in [2.24, 2.45) is 0 Å². The largest absolute Gasteiger partial charge is 1.00 e. The molecular weight excluding hydrogens is 330 g/mol. The van der Waals surface area contributed by atoms with Crippen LogP contribution in [0.1, 0.15) is 33.1 Å². The van der Waals surface area contributed by atoms with Gasteiger partial charge in [-0.1, -0.05) is 0 Å². The Kier molecular flexibility index (Phi) is 8.55. The second-order valence-corrected chi connectivity index (χ2v) is 8.93. The molecule has 0 saturated heterocycles. The Bertz CT molecular complexity index is 408. The first-order chi connectivity index (χ1) is 7.25. The van der Waals surface area contributed by atoms with Crippen molar-refractivity contribution in [2.75, 3.05) is 0 Å². The van der Waals surface area contributed by atoms with Gasteiger partial charge in [-0.25, -0.2) is 0 Å². The van der Waals surface area contributed by atoms with E-state index in [9.17, 15) is 0 Å². The first-order valence-electron chi connectivity index (χ1n) is 5.56. The van der Waals surface area contributed by atoms with E-state index in [1.807, 2.05) is 0 Å². The van der Waals surface area contributed by atoms with Crippen LogP contribution in [0, 0.1) is 0 Å². The van der Waals surface area contributed by atoms with E-state index in [1.54, 1.807) is 17.6 Å². The Morgan fingerprint density at radius 2 is 1.94 bits per heavy atom. The van der Waals surface area contributed by atoms with E-state index in [2.05, 4.69) is 44.2 Å². The zero-order valence-electron chi connectivity index (χ0n) is 10.3. The van der Waals surface area contributed by atoms with Gasteiger partial charge in [0.25, 0.3) is 0 Å². The van der Waals surface area contributed by atoms with E-state index in [4.69, 9.17) is 0 Å². The predicted octanol–water partition coefficient (Wildman–Crippen LogP) is -2.22. The summed E-state index contributed by atoms with van der Waals surface area (Å²) in [6, 6.07) is 0. The Labute approximate surface area is 128 Å². The van der Waals surface area contributed by atoms with Crippen molar-refractivity contribution < 1.29 is 47.6 Å². The number of halogens is 2. The molecule has 0 aliphatic heterocycles. The third-order valence-corrected chi connectivity index (χ3v) is 5.96. The van der Waals surface area contributed by atoms with E-state index in [0.717, 1.165) is 0 Å². The molecule has 0 aromatic carbocycles. The first kappa shape index (κ1) is 17.3. The Morgan fingerprint density at radius 1 is 1.18 bits per heavy atom. The summed E-state index contributed by atoms with van der Waals surface area (Å²) in [5.74, 6) is 0. The van der Waals surface area contributed by atoms with Crippen molar-refractivity contribution in [3.8, 4) is 0 Å². The summed E-state index contributed by atoms with van der Waals surface area (Å²) in [5, 5.41) is 0. The molecule has 0 spiro atoms. The van der Waals surface area contributed by atoms with Crippen molar-refractivity contribution >= 4 is 3.21 Å². The van der Waals surface area contributed by atoms with Crippen LogP contribution in [0.2, 0.25) is 0 Å². The number of hydrogen-bond acceptors (Lipinski definition) is 0. The molecule has 0 atom stereocenters. The third-order valence-electron chi connectivity index (χ3n) is 2.70. The van der Waals surface area contributed by atoms with Crippen molar-refractivity contribution in [2.45, 2.75) is 33.1 Å². The van der Waals surface area contributed by atoms with Crippen LogP contribution < -0.4 is 24.8 Å². The zero-order valence-corrected chi connectivity index (χ0v) is 14.2. The average molecular weight is 347 g/mol. The summed E-state index contributed by atoms with van der Waals surface area (Å²) in [4.78, 5) is 0. The van der Waals surface area contributed by atoms with E-state index in [0.29, 0.717) is 0 Å². The Morgan fingerprint density at radius 3 is 2.53 bits per heavy atom. The summed E-state index contributed by atoms with van der Waals surface area (Å²) in [6.45, 7) is 4.59. The van der Waals surface area contributed by atoms with E-state index in [-0.39, 0.29) is 47.6 Å². The average Bonchev–Trinajstić information content (AvgIpc) is 2.78. The molecule has 0 amide bonds. The molecular formula is C14H17Cl2Zr. The summed E-state index contributed by atoms with van der Waals surface area (Å²) in [6.07, 6.45) is 15.0. The molecule has 0 aromatic heterocycles. The van der Waals surface area contributed by atoms with Gasteiger partial charge in [0, 0.05) is 0 Å². The summed E-state index contributed by atoms with van der Waals surface area (Å²) < 4.78 is 3.49. The van der Waals surface area contributed by atoms with Crippen molar-refractivity contribution in [3.63, 3.8) is 0 Å². The molecule has 17 heavy (non-hydrogen) atoms. The van der Waals surface area contributed by atoms with Crippen LogP contribution in [-0.4, -0.2) is 3.21 Å². The normalized spacial score (nSPS) is 16.2. The SMILES string of the molecule is C[C](C)=[Zr+2][C]1=C(CC2=CC=CC2)C=CC1.[Cl-].[Cl-]. The molecule has 0 bridgehead atoms. The zero-order chi connectivity index (χ0) is 10.7. The molecule has 0 radical (unpaired) electrons. The molecule has 2 rings (SSSR count). The second kappa shape index (κ2) is 8.40. The summed E-state index contributed by atoms with van der Waals surface area (Å²) in [7, 11) is 0. The van der Waals surface area contributed by atoms with Crippen LogP contribution in [0.3, 0.4) is 0 Å². The molecule has 0 saturated carbocycles. The number of rotatable bonds is 3. The molecule has 0 heterocycles. The smallest absolute Gasteiger partial charge is 1.00 e. The minimum atomic E-state index is -0.359. The molecule has 3 heteroatoms. The van der Waals surface area contributed by atoms with Crippen molar-refractivity contribution in [1.82, 2.24) is 0 Å². The topological polar surface area (TPSA) is 0 Å². The van der Waals surface area contributed by atoms with Gasteiger partial charge in [-0.3, -0.25) is 0 Å². The molecule has 2 aliphatic rings.